The monoisotopic (exact) mass is 758 g/mol. The highest BCUT2D eigenvalue weighted by molar-refractivity contribution is 7.00. The van der Waals surface area contributed by atoms with Gasteiger partial charge in [-0.3, -0.25) is 0 Å². The first-order chi connectivity index (χ1) is 27.6. The van der Waals surface area contributed by atoms with Gasteiger partial charge in [-0.2, -0.15) is 0 Å². The second-order valence-corrected chi connectivity index (χ2v) is 20.0. The second kappa shape index (κ2) is 12.8. The lowest BCUT2D eigenvalue weighted by Gasteiger charge is -2.46. The molecular formula is C54H55BN2O. The van der Waals surface area contributed by atoms with Crippen molar-refractivity contribution in [3.05, 3.63) is 149 Å². The Bertz CT molecular complexity index is 2760. The van der Waals surface area contributed by atoms with Crippen LogP contribution in [0.1, 0.15) is 109 Å². The molecule has 3 aliphatic rings. The molecule has 3 nitrogen and oxygen atoms in total. The topological polar surface area (TPSA) is 19.6 Å². The van der Waals surface area contributed by atoms with E-state index in [1.807, 2.05) is 0 Å². The summed E-state index contributed by atoms with van der Waals surface area (Å²) in [6, 6.07) is 46.1. The molecule has 0 saturated carbocycles. The van der Waals surface area contributed by atoms with Crippen molar-refractivity contribution in [2.45, 2.75) is 104 Å². The Kier molecular flexibility index (Phi) is 8.11. The van der Waals surface area contributed by atoms with Crippen molar-refractivity contribution in [2.75, 3.05) is 9.80 Å². The standard InChI is InChI=1S/C54H55BN2O/c1-33(2)35-19-22-39(23-20-35)57-47-28-34(3)27-46-49(47)55(51-50(57)41-30-38(52(4,5)6)21-24-48(41)58-51)44-31-42-43(54(9,10)26-25-53(42,7)8)32-45(44)56(46)40-18-14-17-37(29-40)36-15-12-11-13-16-36/h11-24,27-33H,25-26H2,1-10H3. The molecule has 4 heteroatoms. The Morgan fingerprint density at radius 3 is 1.97 bits per heavy atom. The molecule has 0 amide bonds. The van der Waals surface area contributed by atoms with Crippen molar-refractivity contribution in [1.82, 2.24) is 0 Å². The number of rotatable bonds is 4. The lowest BCUT2D eigenvalue weighted by molar-refractivity contribution is 0.332. The van der Waals surface area contributed by atoms with E-state index >= 15 is 0 Å². The number of hydrogen-bond donors (Lipinski definition) is 0. The van der Waals surface area contributed by atoms with Crippen LogP contribution in [0.2, 0.25) is 0 Å². The van der Waals surface area contributed by atoms with Gasteiger partial charge < -0.3 is 14.2 Å². The molecule has 58 heavy (non-hydrogen) atoms. The minimum Gasteiger partial charge on any atom is -0.468 e. The fraction of sp³-hybridized carbons (Fsp3) is 0.296. The van der Waals surface area contributed by atoms with Gasteiger partial charge in [0.25, 0.3) is 6.71 Å². The molecule has 1 aliphatic carbocycles. The van der Waals surface area contributed by atoms with Crippen LogP contribution in [0.5, 0.6) is 0 Å². The molecule has 10 rings (SSSR count). The Morgan fingerprint density at radius 1 is 0.638 bits per heavy atom. The summed E-state index contributed by atoms with van der Waals surface area (Å²) in [6.45, 7) is 23.4. The first kappa shape index (κ1) is 36.8. The summed E-state index contributed by atoms with van der Waals surface area (Å²) in [4.78, 5) is 5.10. The number of furan rings is 1. The highest BCUT2D eigenvalue weighted by atomic mass is 16.3. The minimum atomic E-state index is -0.0908. The smallest absolute Gasteiger partial charge is 0.297 e. The van der Waals surface area contributed by atoms with Crippen LogP contribution in [-0.2, 0) is 16.2 Å². The van der Waals surface area contributed by atoms with Crippen LogP contribution in [0, 0.1) is 6.92 Å². The number of benzene rings is 6. The maximum atomic E-state index is 7.30. The van der Waals surface area contributed by atoms with Crippen molar-refractivity contribution in [1.29, 1.82) is 0 Å². The molecular weight excluding hydrogens is 703 g/mol. The molecule has 0 radical (unpaired) electrons. The van der Waals surface area contributed by atoms with Gasteiger partial charge in [-0.1, -0.05) is 129 Å². The van der Waals surface area contributed by atoms with Crippen molar-refractivity contribution in [3.8, 4) is 11.1 Å². The quantitative estimate of drug-likeness (QED) is 0.167. The van der Waals surface area contributed by atoms with E-state index in [0.717, 1.165) is 35.5 Å². The third-order valence-electron chi connectivity index (χ3n) is 13.7. The summed E-state index contributed by atoms with van der Waals surface area (Å²) in [7, 11) is 0. The van der Waals surface area contributed by atoms with E-state index in [9.17, 15) is 0 Å². The summed E-state index contributed by atoms with van der Waals surface area (Å²) in [5, 5.41) is 1.17. The number of hydrogen-bond acceptors (Lipinski definition) is 3. The van der Waals surface area contributed by atoms with E-state index in [1.165, 1.54) is 78.0 Å². The molecule has 0 spiro atoms. The summed E-state index contributed by atoms with van der Waals surface area (Å²) < 4.78 is 7.30. The van der Waals surface area contributed by atoms with Crippen molar-refractivity contribution in [3.63, 3.8) is 0 Å². The fourth-order valence-electron chi connectivity index (χ4n) is 10.2. The molecule has 7 aromatic rings. The molecule has 6 aromatic carbocycles. The van der Waals surface area contributed by atoms with Crippen molar-refractivity contribution < 1.29 is 4.42 Å². The van der Waals surface area contributed by atoms with Gasteiger partial charge in [-0.25, -0.2) is 0 Å². The third kappa shape index (κ3) is 5.62. The highest BCUT2D eigenvalue weighted by Gasteiger charge is 2.49. The predicted octanol–water partition coefficient (Wildman–Crippen LogP) is 13.3. The van der Waals surface area contributed by atoms with Crippen LogP contribution < -0.4 is 26.4 Å². The maximum absolute atomic E-state index is 7.30. The summed E-state index contributed by atoms with van der Waals surface area (Å²) >= 11 is 0. The number of aryl methyl sites for hydroxylation is 1. The van der Waals surface area contributed by atoms with Crippen LogP contribution in [0.3, 0.4) is 0 Å². The zero-order chi connectivity index (χ0) is 40.5. The Hall–Kier alpha value is -5.48. The van der Waals surface area contributed by atoms with Crippen LogP contribution in [-0.4, -0.2) is 6.71 Å². The maximum Gasteiger partial charge on any atom is 0.297 e. The summed E-state index contributed by atoms with van der Waals surface area (Å²) in [5.74, 6) is 0.447. The van der Waals surface area contributed by atoms with Crippen LogP contribution in [0.25, 0.3) is 22.1 Å². The van der Waals surface area contributed by atoms with Gasteiger partial charge in [0, 0.05) is 33.8 Å². The van der Waals surface area contributed by atoms with E-state index in [2.05, 4.69) is 200 Å². The van der Waals surface area contributed by atoms with E-state index in [1.54, 1.807) is 0 Å². The molecule has 0 bridgehead atoms. The van der Waals surface area contributed by atoms with Gasteiger partial charge >= 0.3 is 0 Å². The molecule has 1 aromatic heterocycles. The number of fused-ring (bicyclic) bond motifs is 7. The third-order valence-corrected chi connectivity index (χ3v) is 13.7. The molecule has 290 valence electrons. The normalized spacial score (nSPS) is 16.3. The molecule has 2 aliphatic heterocycles. The number of nitrogens with zero attached hydrogens (tertiary/aromatic N) is 2. The Balaban J connectivity index is 1.32. The fourth-order valence-corrected chi connectivity index (χ4v) is 10.2. The van der Waals surface area contributed by atoms with E-state index in [-0.39, 0.29) is 23.0 Å². The van der Waals surface area contributed by atoms with Gasteiger partial charge in [-0.05, 0) is 146 Å². The lowest BCUT2D eigenvalue weighted by Crippen LogP contribution is -2.61. The van der Waals surface area contributed by atoms with Gasteiger partial charge in [-0.15, -0.1) is 0 Å². The SMILES string of the molecule is Cc1cc2c3c(c1)N(c1ccc(C(C)C)cc1)c1c(oc4ccc(C(C)(C)C)cc14)B3c1cc3c(cc1N2c1cccc(-c2ccccc2)c1)C(C)(C)CCC3(C)C. The largest absolute Gasteiger partial charge is 0.468 e. The Morgan fingerprint density at radius 2 is 1.29 bits per heavy atom. The zero-order valence-corrected chi connectivity index (χ0v) is 35.9. The highest BCUT2D eigenvalue weighted by Crippen LogP contribution is 2.51. The predicted molar refractivity (Wildman–Crippen MR) is 248 cm³/mol. The van der Waals surface area contributed by atoms with Gasteiger partial charge in [0.05, 0.1) is 11.3 Å². The van der Waals surface area contributed by atoms with Gasteiger partial charge in [0.15, 0.2) is 0 Å². The molecule has 0 saturated heterocycles. The number of anilines is 6. The molecule has 3 heterocycles. The first-order valence-corrected chi connectivity index (χ1v) is 21.4. The van der Waals surface area contributed by atoms with Gasteiger partial charge in [0.2, 0.25) is 0 Å². The van der Waals surface area contributed by atoms with E-state index in [4.69, 9.17) is 4.42 Å². The zero-order valence-electron chi connectivity index (χ0n) is 35.9. The Labute approximate surface area is 345 Å². The second-order valence-electron chi connectivity index (χ2n) is 20.0. The molecule has 0 N–H and O–H groups in total. The molecule has 0 unspecified atom stereocenters. The van der Waals surface area contributed by atoms with E-state index in [0.29, 0.717) is 5.92 Å². The minimum absolute atomic E-state index is 0.0118. The molecule has 0 atom stereocenters. The average Bonchev–Trinajstić information content (AvgIpc) is 3.58. The average molecular weight is 759 g/mol. The lowest BCUT2D eigenvalue weighted by atomic mass is 9.35. The van der Waals surface area contributed by atoms with Gasteiger partial charge in [0.1, 0.15) is 5.58 Å². The van der Waals surface area contributed by atoms with Crippen LogP contribution in [0.15, 0.2) is 126 Å². The summed E-state index contributed by atoms with van der Waals surface area (Å²) in [5.41, 5.74) is 21.1. The van der Waals surface area contributed by atoms with Crippen LogP contribution in [0.4, 0.5) is 34.1 Å². The van der Waals surface area contributed by atoms with Crippen LogP contribution >= 0.6 is 0 Å². The first-order valence-electron chi connectivity index (χ1n) is 21.4. The molecule has 0 fully saturated rings. The van der Waals surface area contributed by atoms with Crippen molar-refractivity contribution >= 4 is 68.4 Å². The van der Waals surface area contributed by atoms with Crippen molar-refractivity contribution in [2.24, 2.45) is 0 Å². The van der Waals surface area contributed by atoms with E-state index < -0.39 is 0 Å². The summed E-state index contributed by atoms with van der Waals surface area (Å²) in [6.07, 6.45) is 2.32.